The third kappa shape index (κ3) is 5.52. The molecule has 1 N–H and O–H groups in total. The number of halogens is 3. The van der Waals surface area contributed by atoms with Crippen LogP contribution in [0.15, 0.2) is 59.7 Å². The van der Waals surface area contributed by atoms with Crippen molar-refractivity contribution in [3.05, 3.63) is 81.6 Å². The summed E-state index contributed by atoms with van der Waals surface area (Å²) in [5.74, 6) is 0.387. The lowest BCUT2D eigenvalue weighted by molar-refractivity contribution is 0.0904. The number of nitrogens with zero attached hydrogens (tertiary/aromatic N) is 5. The number of rotatable bonds is 7. The van der Waals surface area contributed by atoms with Crippen LogP contribution in [0.5, 0.6) is 0 Å². The van der Waals surface area contributed by atoms with E-state index in [1.165, 1.54) is 6.07 Å². The Morgan fingerprint density at radius 1 is 1.10 bits per heavy atom. The molecule has 1 aliphatic rings. The van der Waals surface area contributed by atoms with Crippen LogP contribution in [0.1, 0.15) is 48.2 Å². The molecule has 39 heavy (non-hydrogen) atoms. The Kier molecular flexibility index (Phi) is 7.65. The molecule has 204 valence electrons. The first-order chi connectivity index (χ1) is 18.7. The number of anilines is 1. The standard InChI is InChI=1S/C28H29ClF2N6O2/c1-35(2)24-14-20(11-12-32-24)37-23-6-4-3-5-22(23)36(28(37)39)16-17-7-9-19(10-8-17)34-27(38)21-13-18(29)15-33-25(21)26(30)31/h3-6,11-15,17,19,26H,7-10,16H2,1-2H3,(H,34,38)/t17-,19-. The van der Waals surface area contributed by atoms with E-state index in [4.69, 9.17) is 11.6 Å². The molecule has 0 spiro atoms. The summed E-state index contributed by atoms with van der Waals surface area (Å²) in [5.41, 5.74) is 1.54. The number of imidazole rings is 1. The van der Waals surface area contributed by atoms with Crippen LogP contribution in [0.2, 0.25) is 5.02 Å². The second-order valence-electron chi connectivity index (χ2n) is 10.1. The molecular weight excluding hydrogens is 526 g/mol. The van der Waals surface area contributed by atoms with E-state index in [2.05, 4.69) is 15.3 Å². The van der Waals surface area contributed by atoms with Crippen molar-refractivity contribution >= 4 is 34.4 Å². The first-order valence-corrected chi connectivity index (χ1v) is 13.2. The zero-order valence-electron chi connectivity index (χ0n) is 21.7. The van der Waals surface area contributed by atoms with Crippen LogP contribution < -0.4 is 15.9 Å². The van der Waals surface area contributed by atoms with E-state index in [-0.39, 0.29) is 28.2 Å². The van der Waals surface area contributed by atoms with Crippen LogP contribution >= 0.6 is 11.6 Å². The van der Waals surface area contributed by atoms with Gasteiger partial charge in [-0.2, -0.15) is 0 Å². The van der Waals surface area contributed by atoms with Gasteiger partial charge in [-0.3, -0.25) is 18.9 Å². The lowest BCUT2D eigenvalue weighted by atomic mass is 9.85. The van der Waals surface area contributed by atoms with E-state index in [9.17, 15) is 18.4 Å². The van der Waals surface area contributed by atoms with Crippen LogP contribution in [0.3, 0.4) is 0 Å². The van der Waals surface area contributed by atoms with E-state index in [1.54, 1.807) is 10.8 Å². The van der Waals surface area contributed by atoms with Crippen molar-refractivity contribution in [1.29, 1.82) is 0 Å². The highest BCUT2D eigenvalue weighted by Gasteiger charge is 2.27. The monoisotopic (exact) mass is 554 g/mol. The summed E-state index contributed by atoms with van der Waals surface area (Å²) in [4.78, 5) is 36.3. The van der Waals surface area contributed by atoms with Crippen LogP contribution in [-0.2, 0) is 6.54 Å². The second-order valence-corrected chi connectivity index (χ2v) is 10.5. The summed E-state index contributed by atoms with van der Waals surface area (Å²) >= 11 is 5.90. The molecule has 1 saturated carbocycles. The number of nitrogens with one attached hydrogen (secondary N) is 1. The van der Waals surface area contributed by atoms with Crippen molar-refractivity contribution in [2.45, 2.75) is 44.7 Å². The Balaban J connectivity index is 1.31. The van der Waals surface area contributed by atoms with Gasteiger partial charge in [0, 0.05) is 45.1 Å². The van der Waals surface area contributed by atoms with Gasteiger partial charge in [0.25, 0.3) is 12.3 Å². The van der Waals surface area contributed by atoms with Gasteiger partial charge in [-0.1, -0.05) is 23.7 Å². The van der Waals surface area contributed by atoms with E-state index in [0.717, 1.165) is 41.6 Å². The molecule has 1 fully saturated rings. The molecular formula is C28H29ClF2N6O2. The van der Waals surface area contributed by atoms with Gasteiger partial charge >= 0.3 is 5.69 Å². The van der Waals surface area contributed by atoms with E-state index in [1.807, 2.05) is 60.0 Å². The van der Waals surface area contributed by atoms with Crippen molar-refractivity contribution in [2.24, 2.45) is 5.92 Å². The van der Waals surface area contributed by atoms with Gasteiger partial charge in [-0.15, -0.1) is 0 Å². The Morgan fingerprint density at radius 3 is 2.51 bits per heavy atom. The molecule has 1 aliphatic carbocycles. The third-order valence-electron chi connectivity index (χ3n) is 7.24. The Hall–Kier alpha value is -3.79. The molecule has 3 heterocycles. The fourth-order valence-electron chi connectivity index (χ4n) is 5.24. The largest absolute Gasteiger partial charge is 0.363 e. The summed E-state index contributed by atoms with van der Waals surface area (Å²) in [5, 5.41) is 3.00. The summed E-state index contributed by atoms with van der Waals surface area (Å²) < 4.78 is 30.2. The highest BCUT2D eigenvalue weighted by atomic mass is 35.5. The van der Waals surface area contributed by atoms with Crippen molar-refractivity contribution in [3.63, 3.8) is 0 Å². The zero-order valence-corrected chi connectivity index (χ0v) is 22.4. The van der Waals surface area contributed by atoms with E-state index in [0.29, 0.717) is 19.4 Å². The molecule has 8 nitrogen and oxygen atoms in total. The van der Waals surface area contributed by atoms with E-state index < -0.39 is 18.0 Å². The summed E-state index contributed by atoms with van der Waals surface area (Å²) in [6, 6.07) is 12.5. The molecule has 3 aromatic heterocycles. The maximum atomic E-state index is 13.7. The Morgan fingerprint density at radius 2 is 1.82 bits per heavy atom. The number of para-hydroxylation sites is 2. The normalized spacial score (nSPS) is 17.5. The predicted molar refractivity (Wildman–Crippen MR) is 147 cm³/mol. The Labute approximate surface area is 229 Å². The quantitative estimate of drug-likeness (QED) is 0.338. The van der Waals surface area contributed by atoms with Crippen molar-refractivity contribution in [3.8, 4) is 5.69 Å². The fourth-order valence-corrected chi connectivity index (χ4v) is 5.40. The number of carbonyl (C=O) groups is 1. The van der Waals surface area contributed by atoms with Gasteiger partial charge in [0.2, 0.25) is 0 Å². The molecule has 11 heteroatoms. The summed E-state index contributed by atoms with van der Waals surface area (Å²) in [6.45, 7) is 0.548. The van der Waals surface area contributed by atoms with Crippen molar-refractivity contribution < 1.29 is 13.6 Å². The van der Waals surface area contributed by atoms with Gasteiger partial charge in [-0.05, 0) is 55.9 Å². The number of fused-ring (bicyclic) bond motifs is 1. The number of hydrogen-bond acceptors (Lipinski definition) is 5. The average Bonchev–Trinajstić information content (AvgIpc) is 3.20. The number of carbonyl (C=O) groups excluding carboxylic acids is 1. The fraction of sp³-hybridized carbons (Fsp3) is 0.357. The smallest absolute Gasteiger partial charge is 0.333 e. The van der Waals surface area contributed by atoms with Crippen LogP contribution in [0.25, 0.3) is 16.7 Å². The molecule has 4 aromatic rings. The SMILES string of the molecule is CN(C)c1cc(-n2c(=O)n(C[C@H]3CC[C@H](NC(=O)c4cc(Cl)cnc4C(F)F)CC3)c3ccccc32)ccn1. The van der Waals surface area contributed by atoms with Crippen LogP contribution in [0.4, 0.5) is 14.6 Å². The van der Waals surface area contributed by atoms with Crippen molar-refractivity contribution in [2.75, 3.05) is 19.0 Å². The maximum Gasteiger partial charge on any atom is 0.333 e. The highest BCUT2D eigenvalue weighted by Crippen LogP contribution is 2.29. The van der Waals surface area contributed by atoms with Gasteiger partial charge in [0.05, 0.1) is 27.3 Å². The van der Waals surface area contributed by atoms with Crippen LogP contribution in [0, 0.1) is 5.92 Å². The predicted octanol–water partition coefficient (Wildman–Crippen LogP) is 5.23. The molecule has 0 radical (unpaired) electrons. The molecule has 0 unspecified atom stereocenters. The van der Waals surface area contributed by atoms with Gasteiger partial charge in [0.15, 0.2) is 0 Å². The molecule has 5 rings (SSSR count). The topological polar surface area (TPSA) is 85.0 Å². The number of benzene rings is 1. The minimum absolute atomic E-state index is 0.115. The third-order valence-corrected chi connectivity index (χ3v) is 7.45. The molecule has 0 aliphatic heterocycles. The zero-order chi connectivity index (χ0) is 27.7. The number of alkyl halides is 2. The summed E-state index contributed by atoms with van der Waals surface area (Å²) in [7, 11) is 3.81. The minimum Gasteiger partial charge on any atom is -0.363 e. The van der Waals surface area contributed by atoms with Crippen LogP contribution in [-0.4, -0.2) is 45.1 Å². The van der Waals surface area contributed by atoms with Gasteiger partial charge in [-0.25, -0.2) is 18.6 Å². The number of pyridine rings is 2. The van der Waals surface area contributed by atoms with E-state index >= 15 is 0 Å². The molecule has 1 aromatic carbocycles. The second kappa shape index (κ2) is 11.1. The molecule has 0 atom stereocenters. The lowest BCUT2D eigenvalue weighted by Gasteiger charge is -2.29. The number of hydrogen-bond donors (Lipinski definition) is 1. The minimum atomic E-state index is -2.87. The lowest BCUT2D eigenvalue weighted by Crippen LogP contribution is -2.39. The van der Waals surface area contributed by atoms with Gasteiger partial charge in [0.1, 0.15) is 11.5 Å². The highest BCUT2D eigenvalue weighted by molar-refractivity contribution is 6.30. The molecule has 0 bridgehead atoms. The number of aromatic nitrogens is 4. The maximum absolute atomic E-state index is 13.7. The first kappa shape index (κ1) is 26.8. The van der Waals surface area contributed by atoms with Crippen molar-refractivity contribution in [1.82, 2.24) is 24.4 Å². The summed E-state index contributed by atoms with van der Waals surface area (Å²) in [6.07, 6.45) is 2.86. The number of amides is 1. The molecule has 1 amide bonds. The average molecular weight is 555 g/mol. The first-order valence-electron chi connectivity index (χ1n) is 12.8. The van der Waals surface area contributed by atoms with Gasteiger partial charge < -0.3 is 10.2 Å². The molecule has 0 saturated heterocycles. The Bertz CT molecular complexity index is 1560.